The van der Waals surface area contributed by atoms with Crippen LogP contribution in [-0.4, -0.2) is 24.0 Å². The molecule has 1 fully saturated rings. The van der Waals surface area contributed by atoms with Crippen molar-refractivity contribution in [3.05, 3.63) is 60.2 Å². The number of nitrogens with one attached hydrogen (secondary N) is 1. The average molecular weight is 360 g/mol. The average Bonchev–Trinajstić information content (AvgIpc) is 2.74. The predicted octanol–water partition coefficient (Wildman–Crippen LogP) is 4.97. The van der Waals surface area contributed by atoms with Crippen LogP contribution < -0.4 is 10.1 Å². The maximum atomic E-state index is 13.1. The van der Waals surface area contributed by atoms with Gasteiger partial charge in [-0.05, 0) is 37.1 Å². The van der Waals surface area contributed by atoms with Crippen LogP contribution in [0.1, 0.15) is 42.5 Å². The molecule has 3 aromatic rings. The molecule has 4 nitrogen and oxygen atoms in total. The van der Waals surface area contributed by atoms with Gasteiger partial charge < -0.3 is 10.1 Å². The molecule has 4 rings (SSSR count). The Kier molecular flexibility index (Phi) is 5.05. The van der Waals surface area contributed by atoms with Gasteiger partial charge in [0.15, 0.2) is 0 Å². The Bertz CT molecular complexity index is 947. The number of hydrogen-bond donors (Lipinski definition) is 1. The third-order valence-electron chi connectivity index (χ3n) is 5.27. The Labute approximate surface area is 159 Å². The number of hydrogen-bond acceptors (Lipinski definition) is 3. The summed E-state index contributed by atoms with van der Waals surface area (Å²) in [5, 5.41) is 4.06. The highest BCUT2D eigenvalue weighted by molar-refractivity contribution is 6.07. The Hall–Kier alpha value is -2.88. The van der Waals surface area contributed by atoms with Crippen LogP contribution in [0.3, 0.4) is 0 Å². The van der Waals surface area contributed by atoms with E-state index in [0.717, 1.165) is 40.8 Å². The first-order valence-electron chi connectivity index (χ1n) is 9.59. The minimum atomic E-state index is -0.0280. The van der Waals surface area contributed by atoms with E-state index < -0.39 is 0 Å². The van der Waals surface area contributed by atoms with Crippen LogP contribution >= 0.6 is 0 Å². The Morgan fingerprint density at radius 1 is 1.04 bits per heavy atom. The molecule has 1 aromatic heterocycles. The fraction of sp³-hybridized carbons (Fsp3) is 0.304. The summed E-state index contributed by atoms with van der Waals surface area (Å²) < 4.78 is 5.36. The number of carbonyl (C=O) groups excluding carboxylic acids is 1. The minimum Gasteiger partial charge on any atom is -0.497 e. The van der Waals surface area contributed by atoms with Crippen LogP contribution in [0.5, 0.6) is 5.75 Å². The molecule has 1 N–H and O–H groups in total. The van der Waals surface area contributed by atoms with Gasteiger partial charge in [0.1, 0.15) is 5.75 Å². The first kappa shape index (κ1) is 17.5. The van der Waals surface area contributed by atoms with Crippen molar-refractivity contribution >= 4 is 16.8 Å². The zero-order valence-electron chi connectivity index (χ0n) is 15.6. The van der Waals surface area contributed by atoms with E-state index in [9.17, 15) is 4.79 Å². The van der Waals surface area contributed by atoms with Crippen LogP contribution in [0.4, 0.5) is 0 Å². The monoisotopic (exact) mass is 360 g/mol. The van der Waals surface area contributed by atoms with E-state index in [4.69, 9.17) is 9.72 Å². The van der Waals surface area contributed by atoms with Gasteiger partial charge in [-0.2, -0.15) is 0 Å². The lowest BCUT2D eigenvalue weighted by molar-refractivity contribution is 0.0929. The number of ether oxygens (including phenoxy) is 1. The molecule has 2 aromatic carbocycles. The van der Waals surface area contributed by atoms with Crippen molar-refractivity contribution in [3.8, 4) is 17.0 Å². The molecule has 1 aliphatic rings. The van der Waals surface area contributed by atoms with E-state index in [-0.39, 0.29) is 11.9 Å². The van der Waals surface area contributed by atoms with Crippen molar-refractivity contribution in [1.29, 1.82) is 0 Å². The number of benzene rings is 2. The number of methoxy groups -OCH3 is 1. The first-order chi connectivity index (χ1) is 13.2. The van der Waals surface area contributed by atoms with Crippen LogP contribution in [-0.2, 0) is 0 Å². The van der Waals surface area contributed by atoms with Crippen molar-refractivity contribution in [3.63, 3.8) is 0 Å². The van der Waals surface area contributed by atoms with Gasteiger partial charge in [-0.25, -0.2) is 4.98 Å². The fourth-order valence-corrected chi connectivity index (χ4v) is 3.79. The van der Waals surface area contributed by atoms with Gasteiger partial charge >= 0.3 is 0 Å². The third-order valence-corrected chi connectivity index (χ3v) is 5.27. The highest BCUT2D eigenvalue weighted by atomic mass is 16.5. The van der Waals surface area contributed by atoms with Crippen molar-refractivity contribution in [2.24, 2.45) is 0 Å². The third kappa shape index (κ3) is 3.80. The Balaban J connectivity index is 1.78. The maximum Gasteiger partial charge on any atom is 0.252 e. The number of pyridine rings is 1. The molecule has 138 valence electrons. The number of rotatable bonds is 4. The summed E-state index contributed by atoms with van der Waals surface area (Å²) in [5.41, 5.74) is 3.26. The lowest BCUT2D eigenvalue weighted by atomic mass is 9.95. The molecule has 0 aliphatic heterocycles. The highest BCUT2D eigenvalue weighted by Gasteiger charge is 2.20. The summed E-state index contributed by atoms with van der Waals surface area (Å²) in [7, 11) is 1.63. The molecule has 4 heteroatoms. The first-order valence-corrected chi connectivity index (χ1v) is 9.59. The summed E-state index contributed by atoms with van der Waals surface area (Å²) in [5.74, 6) is 0.697. The van der Waals surface area contributed by atoms with E-state index >= 15 is 0 Å². The van der Waals surface area contributed by atoms with Gasteiger partial charge in [0.05, 0.1) is 23.9 Å². The fourth-order valence-electron chi connectivity index (χ4n) is 3.79. The van der Waals surface area contributed by atoms with Crippen molar-refractivity contribution < 1.29 is 9.53 Å². The van der Waals surface area contributed by atoms with E-state index in [1.807, 2.05) is 54.6 Å². The zero-order chi connectivity index (χ0) is 18.6. The maximum absolute atomic E-state index is 13.1. The summed E-state index contributed by atoms with van der Waals surface area (Å²) in [6.45, 7) is 0. The molecule has 0 radical (unpaired) electrons. The standard InChI is InChI=1S/C23H24N2O2/c1-27-18-12-13-21-19(14-18)20(23(26)24-17-10-6-3-7-11-17)15-22(25-21)16-8-4-2-5-9-16/h2,4-5,8-9,12-15,17H,3,6-7,10-11H2,1H3,(H,24,26). The number of aromatic nitrogens is 1. The quantitative estimate of drug-likeness (QED) is 0.714. The molecule has 1 aliphatic carbocycles. The molecule has 0 atom stereocenters. The molecule has 0 bridgehead atoms. The molecule has 27 heavy (non-hydrogen) atoms. The Morgan fingerprint density at radius 3 is 2.56 bits per heavy atom. The van der Waals surface area contributed by atoms with E-state index in [1.165, 1.54) is 19.3 Å². The van der Waals surface area contributed by atoms with Crippen LogP contribution in [0.2, 0.25) is 0 Å². The van der Waals surface area contributed by atoms with Gasteiger partial charge in [-0.15, -0.1) is 0 Å². The van der Waals surface area contributed by atoms with E-state index in [2.05, 4.69) is 5.32 Å². The van der Waals surface area contributed by atoms with E-state index in [1.54, 1.807) is 7.11 Å². The Morgan fingerprint density at radius 2 is 1.81 bits per heavy atom. The second kappa shape index (κ2) is 7.78. The molecular weight excluding hydrogens is 336 g/mol. The molecule has 1 heterocycles. The zero-order valence-corrected chi connectivity index (χ0v) is 15.6. The molecule has 0 spiro atoms. The predicted molar refractivity (Wildman–Crippen MR) is 108 cm³/mol. The van der Waals surface area contributed by atoms with Gasteiger partial charge in [0, 0.05) is 17.0 Å². The van der Waals surface area contributed by atoms with Gasteiger partial charge in [0.2, 0.25) is 0 Å². The topological polar surface area (TPSA) is 51.2 Å². The van der Waals surface area contributed by atoms with Crippen LogP contribution in [0.15, 0.2) is 54.6 Å². The largest absolute Gasteiger partial charge is 0.497 e. The smallest absolute Gasteiger partial charge is 0.252 e. The lowest BCUT2D eigenvalue weighted by Gasteiger charge is -2.23. The molecule has 0 unspecified atom stereocenters. The van der Waals surface area contributed by atoms with Crippen LogP contribution in [0, 0.1) is 0 Å². The minimum absolute atomic E-state index is 0.0280. The molecule has 0 saturated heterocycles. The van der Waals surface area contributed by atoms with Gasteiger partial charge in [0.25, 0.3) is 5.91 Å². The molecule has 1 saturated carbocycles. The summed E-state index contributed by atoms with van der Waals surface area (Å²) >= 11 is 0. The number of amides is 1. The number of fused-ring (bicyclic) bond motifs is 1. The number of nitrogens with zero attached hydrogens (tertiary/aromatic N) is 1. The second-order valence-electron chi connectivity index (χ2n) is 7.11. The second-order valence-corrected chi connectivity index (χ2v) is 7.11. The van der Waals surface area contributed by atoms with Crippen molar-refractivity contribution in [2.75, 3.05) is 7.11 Å². The normalized spacial score (nSPS) is 14.9. The molecular formula is C23H24N2O2. The molecule has 1 amide bonds. The van der Waals surface area contributed by atoms with E-state index in [0.29, 0.717) is 5.56 Å². The van der Waals surface area contributed by atoms with Crippen LogP contribution in [0.25, 0.3) is 22.2 Å². The van der Waals surface area contributed by atoms with Crippen molar-refractivity contribution in [1.82, 2.24) is 10.3 Å². The highest BCUT2D eigenvalue weighted by Crippen LogP contribution is 2.28. The SMILES string of the molecule is COc1ccc2nc(-c3ccccc3)cc(C(=O)NC3CCCCC3)c2c1. The summed E-state index contributed by atoms with van der Waals surface area (Å²) in [6.07, 6.45) is 5.75. The van der Waals surface area contributed by atoms with Gasteiger partial charge in [-0.1, -0.05) is 49.6 Å². The van der Waals surface area contributed by atoms with Gasteiger partial charge in [-0.3, -0.25) is 4.79 Å². The summed E-state index contributed by atoms with van der Waals surface area (Å²) in [4.78, 5) is 17.9. The van der Waals surface area contributed by atoms with Crippen molar-refractivity contribution in [2.45, 2.75) is 38.1 Å². The lowest BCUT2D eigenvalue weighted by Crippen LogP contribution is -2.36. The number of carbonyl (C=O) groups is 1. The summed E-state index contributed by atoms with van der Waals surface area (Å²) in [6, 6.07) is 17.8.